The molecule has 0 bridgehead atoms. The fraction of sp³-hybridized carbons (Fsp3) is 0.542. The molecule has 2 aromatic rings. The molecule has 0 aliphatic carbocycles. The number of fused-ring (bicyclic) bond motifs is 1. The zero-order chi connectivity index (χ0) is 25.6. The third-order valence-electron chi connectivity index (χ3n) is 5.58. The highest BCUT2D eigenvalue weighted by molar-refractivity contribution is 5.98. The first-order chi connectivity index (χ1) is 16.6. The number of nitrogens with zero attached hydrogens (tertiary/aromatic N) is 5. The number of nitrogens with one attached hydrogen (secondary N) is 2. The Labute approximate surface area is 205 Å². The number of aromatic nitrogens is 3. The second-order valence-corrected chi connectivity index (χ2v) is 9.48. The Morgan fingerprint density at radius 3 is 2.86 bits per heavy atom. The molecule has 11 nitrogen and oxygen atoms in total. The van der Waals surface area contributed by atoms with Gasteiger partial charge in [-0.2, -0.15) is 15.0 Å². The highest BCUT2D eigenvalue weighted by Crippen LogP contribution is 2.39. The molecule has 35 heavy (non-hydrogen) atoms. The maximum absolute atomic E-state index is 12.7. The summed E-state index contributed by atoms with van der Waals surface area (Å²) in [4.78, 5) is 18.9. The van der Waals surface area contributed by atoms with Crippen LogP contribution in [0.25, 0.3) is 11.0 Å². The first kappa shape index (κ1) is 26.0. The van der Waals surface area contributed by atoms with Crippen molar-refractivity contribution in [1.29, 1.82) is 10.7 Å². The largest absolute Gasteiger partial charge is 0.444 e. The number of carbonyl (C=O) groups excluding carboxylic acids is 1. The molecule has 2 aromatic heterocycles. The van der Waals surface area contributed by atoms with Crippen molar-refractivity contribution >= 4 is 28.8 Å². The van der Waals surface area contributed by atoms with Gasteiger partial charge in [0, 0.05) is 31.6 Å². The molecule has 3 heterocycles. The van der Waals surface area contributed by atoms with Gasteiger partial charge in [0.15, 0.2) is 5.65 Å². The Balaban J connectivity index is 2.01. The molecule has 188 valence electrons. The van der Waals surface area contributed by atoms with Crippen molar-refractivity contribution < 1.29 is 14.3 Å². The van der Waals surface area contributed by atoms with Gasteiger partial charge in [-0.1, -0.05) is 6.92 Å². The molecule has 4 N–H and O–H groups in total. The van der Waals surface area contributed by atoms with Crippen LogP contribution in [0.2, 0.25) is 0 Å². The van der Waals surface area contributed by atoms with Gasteiger partial charge >= 0.3 is 6.09 Å². The normalized spacial score (nSPS) is 18.2. The number of nitrogens with two attached hydrogens (primary N) is 1. The first-order valence-corrected chi connectivity index (χ1v) is 11.7. The number of anilines is 1. The topological polar surface area (TPSA) is 155 Å². The molecule has 1 aliphatic heterocycles. The molecule has 0 radical (unpaired) electrons. The molecule has 0 saturated carbocycles. The van der Waals surface area contributed by atoms with E-state index in [0.717, 1.165) is 6.42 Å². The van der Waals surface area contributed by atoms with Gasteiger partial charge in [-0.3, -0.25) is 5.41 Å². The van der Waals surface area contributed by atoms with E-state index in [1.54, 1.807) is 11.1 Å². The average molecular weight is 483 g/mol. The summed E-state index contributed by atoms with van der Waals surface area (Å²) in [5, 5.41) is 26.8. The summed E-state index contributed by atoms with van der Waals surface area (Å²) in [6.07, 6.45) is 5.19. The van der Waals surface area contributed by atoms with Crippen molar-refractivity contribution in [1.82, 2.24) is 19.7 Å². The predicted octanol–water partition coefficient (Wildman–Crippen LogP) is 2.97. The Bertz CT molecular complexity index is 1140. The lowest BCUT2D eigenvalue weighted by molar-refractivity contribution is 0.0288. The summed E-state index contributed by atoms with van der Waals surface area (Å²) < 4.78 is 12.4. The summed E-state index contributed by atoms with van der Waals surface area (Å²) in [5.41, 5.74) is 4.98. The van der Waals surface area contributed by atoms with E-state index in [9.17, 15) is 10.1 Å². The van der Waals surface area contributed by atoms with Gasteiger partial charge in [0.1, 0.15) is 22.7 Å². The number of hydrogen-bond donors (Lipinski definition) is 3. The van der Waals surface area contributed by atoms with E-state index in [4.69, 9.17) is 20.6 Å². The lowest BCUT2D eigenvalue weighted by Gasteiger charge is -2.26. The minimum atomic E-state index is -0.979. The second kappa shape index (κ2) is 10.7. The van der Waals surface area contributed by atoms with Crippen LogP contribution in [0.5, 0.6) is 0 Å². The van der Waals surface area contributed by atoms with Crippen molar-refractivity contribution in [2.45, 2.75) is 51.6 Å². The van der Waals surface area contributed by atoms with Crippen LogP contribution in [0.1, 0.15) is 46.1 Å². The number of carbonyl (C=O) groups is 1. The molecule has 1 unspecified atom stereocenters. The van der Waals surface area contributed by atoms with Crippen molar-refractivity contribution in [3.05, 3.63) is 30.1 Å². The summed E-state index contributed by atoms with van der Waals surface area (Å²) in [6.45, 7) is 9.75. The van der Waals surface area contributed by atoms with Crippen molar-refractivity contribution in [3.63, 3.8) is 0 Å². The standard InChI is InChI=1S/C24H34N8O3/c1-5-11-34-12-9-28-20-13-18(17-14-29-32(21(17)30-20)19(27)6-8-25)24(15-26)7-10-31(16-24)22(33)35-23(2,3)4/h6,8,13-14,27H,5,7,9-12,16,25H2,1-4H3,(H,28,30)/b8-6-,27-19?. The second-order valence-electron chi connectivity index (χ2n) is 9.48. The predicted molar refractivity (Wildman–Crippen MR) is 133 cm³/mol. The summed E-state index contributed by atoms with van der Waals surface area (Å²) >= 11 is 0. The minimum Gasteiger partial charge on any atom is -0.444 e. The molecule has 3 rings (SSSR count). The Morgan fingerprint density at radius 2 is 2.20 bits per heavy atom. The average Bonchev–Trinajstić information content (AvgIpc) is 3.43. The van der Waals surface area contributed by atoms with E-state index in [1.165, 1.54) is 17.0 Å². The fourth-order valence-electron chi connectivity index (χ4n) is 3.99. The van der Waals surface area contributed by atoms with E-state index >= 15 is 0 Å². The van der Waals surface area contributed by atoms with Crippen LogP contribution in [0.3, 0.4) is 0 Å². The molecule has 1 saturated heterocycles. The lowest BCUT2D eigenvalue weighted by atomic mass is 9.80. The van der Waals surface area contributed by atoms with E-state index in [-0.39, 0.29) is 12.4 Å². The van der Waals surface area contributed by atoms with Gasteiger partial charge in [0.05, 0.1) is 18.9 Å². The maximum Gasteiger partial charge on any atom is 0.410 e. The van der Waals surface area contributed by atoms with Crippen LogP contribution in [0.15, 0.2) is 24.5 Å². The quantitative estimate of drug-likeness (QED) is 0.295. The number of nitriles is 1. The molecule has 1 aliphatic rings. The van der Waals surface area contributed by atoms with Crippen LogP contribution in [0, 0.1) is 16.7 Å². The van der Waals surface area contributed by atoms with Gasteiger partial charge in [-0.05, 0) is 57.5 Å². The molecule has 11 heteroatoms. The van der Waals surface area contributed by atoms with E-state index < -0.39 is 17.1 Å². The van der Waals surface area contributed by atoms with E-state index in [0.29, 0.717) is 55.1 Å². The van der Waals surface area contributed by atoms with Crippen molar-refractivity contribution in [3.8, 4) is 6.07 Å². The van der Waals surface area contributed by atoms with Crippen LogP contribution in [-0.4, -0.2) is 70.0 Å². The number of rotatable bonds is 8. The van der Waals surface area contributed by atoms with Crippen LogP contribution in [-0.2, 0) is 14.9 Å². The molecule has 1 atom stereocenters. The Kier molecular flexibility index (Phi) is 7.96. The number of pyridine rings is 1. The SMILES string of the molecule is CCCOCCNc1cc(C2(C#N)CCN(C(=O)OC(C)(C)C)C2)c2cnn(C(=N)/C=C\N)c2n1. The molecule has 1 fully saturated rings. The minimum absolute atomic E-state index is 0.0391. The van der Waals surface area contributed by atoms with Crippen molar-refractivity contribution in [2.75, 3.05) is 38.2 Å². The number of amides is 1. The number of ether oxygens (including phenoxy) is 2. The third-order valence-corrected chi connectivity index (χ3v) is 5.58. The van der Waals surface area contributed by atoms with Crippen LogP contribution >= 0.6 is 0 Å². The fourth-order valence-corrected chi connectivity index (χ4v) is 3.99. The zero-order valence-corrected chi connectivity index (χ0v) is 20.8. The summed E-state index contributed by atoms with van der Waals surface area (Å²) in [7, 11) is 0. The van der Waals surface area contributed by atoms with Gasteiger partial charge < -0.3 is 25.4 Å². The van der Waals surface area contributed by atoms with Crippen LogP contribution < -0.4 is 11.1 Å². The smallest absolute Gasteiger partial charge is 0.410 e. The number of hydrogen-bond acceptors (Lipinski definition) is 9. The highest BCUT2D eigenvalue weighted by atomic mass is 16.6. The molecular weight excluding hydrogens is 448 g/mol. The van der Waals surface area contributed by atoms with Crippen molar-refractivity contribution in [2.24, 2.45) is 5.73 Å². The Hall–Kier alpha value is -3.65. The Morgan fingerprint density at radius 1 is 1.43 bits per heavy atom. The first-order valence-electron chi connectivity index (χ1n) is 11.7. The number of likely N-dealkylation sites (tertiary alicyclic amines) is 1. The zero-order valence-electron chi connectivity index (χ0n) is 20.8. The van der Waals surface area contributed by atoms with Gasteiger partial charge in [0.2, 0.25) is 0 Å². The lowest BCUT2D eigenvalue weighted by Crippen LogP contribution is -2.37. The summed E-state index contributed by atoms with van der Waals surface area (Å²) in [5.74, 6) is 0.571. The monoisotopic (exact) mass is 482 g/mol. The van der Waals surface area contributed by atoms with Gasteiger partial charge in [0.25, 0.3) is 0 Å². The molecule has 1 amide bonds. The third kappa shape index (κ3) is 5.89. The maximum atomic E-state index is 12.7. The highest BCUT2D eigenvalue weighted by Gasteiger charge is 2.44. The van der Waals surface area contributed by atoms with Gasteiger partial charge in [-0.25, -0.2) is 9.78 Å². The summed E-state index contributed by atoms with van der Waals surface area (Å²) in [6, 6.07) is 4.29. The molecular formula is C24H34N8O3. The van der Waals surface area contributed by atoms with E-state index in [1.807, 2.05) is 33.8 Å². The molecule has 0 aromatic carbocycles. The van der Waals surface area contributed by atoms with Crippen LogP contribution in [0.4, 0.5) is 10.6 Å². The molecule has 0 spiro atoms. The van der Waals surface area contributed by atoms with E-state index in [2.05, 4.69) is 21.5 Å². The van der Waals surface area contributed by atoms with Gasteiger partial charge in [-0.15, -0.1) is 0 Å². The number of allylic oxidation sites excluding steroid dienone is 1.